The fourth-order valence-corrected chi connectivity index (χ4v) is 3.34. The van der Waals surface area contributed by atoms with E-state index in [0.717, 1.165) is 35.7 Å². The van der Waals surface area contributed by atoms with Gasteiger partial charge in [-0.2, -0.15) is 0 Å². The van der Waals surface area contributed by atoms with Crippen LogP contribution in [0.4, 0.5) is 11.6 Å². The number of hydrogen-bond donors (Lipinski definition) is 3. The number of nitrogens with zero attached hydrogens (tertiary/aromatic N) is 2. The lowest BCUT2D eigenvalue weighted by atomic mass is 10.1. The van der Waals surface area contributed by atoms with Gasteiger partial charge in [0.05, 0.1) is 0 Å². The molecule has 1 saturated heterocycles. The summed E-state index contributed by atoms with van der Waals surface area (Å²) in [5, 5.41) is 3.40. The van der Waals surface area contributed by atoms with E-state index in [-0.39, 0.29) is 0 Å². The first-order valence-corrected chi connectivity index (χ1v) is 7.52. The zero-order chi connectivity index (χ0) is 13.1. The first-order chi connectivity index (χ1) is 8.60. The zero-order valence-electron chi connectivity index (χ0n) is 10.7. The van der Waals surface area contributed by atoms with Gasteiger partial charge in [-0.05, 0) is 26.7 Å². The highest BCUT2D eigenvalue weighted by atomic mass is 32.2. The maximum absolute atomic E-state index is 11.3. The zero-order valence-corrected chi connectivity index (χ0v) is 11.5. The molecule has 0 aromatic carbocycles. The molecule has 0 atom stereocenters. The first kappa shape index (κ1) is 13.2. The molecule has 0 aliphatic carbocycles. The molecule has 0 spiro atoms. The van der Waals surface area contributed by atoms with Gasteiger partial charge in [0.15, 0.2) is 0 Å². The van der Waals surface area contributed by atoms with E-state index >= 15 is 0 Å². The van der Waals surface area contributed by atoms with Gasteiger partial charge in [0.2, 0.25) is 0 Å². The van der Waals surface area contributed by atoms with E-state index in [1.807, 2.05) is 13.8 Å². The number of aromatic nitrogens is 2. The predicted molar refractivity (Wildman–Crippen MR) is 73.8 cm³/mol. The number of nitrogens with one attached hydrogen (secondary N) is 2. The predicted octanol–water partition coefficient (Wildman–Crippen LogP) is 0.702. The van der Waals surface area contributed by atoms with Crippen molar-refractivity contribution >= 4 is 22.4 Å². The molecule has 1 aromatic rings. The van der Waals surface area contributed by atoms with Gasteiger partial charge in [-0.1, -0.05) is 0 Å². The molecular weight excluding hydrogens is 250 g/mol. The molecule has 0 amide bonds. The quantitative estimate of drug-likeness (QED) is 0.552. The molecule has 0 bridgehead atoms. The molecule has 18 heavy (non-hydrogen) atoms. The number of hydrazine groups is 1. The average molecular weight is 269 g/mol. The molecule has 0 radical (unpaired) electrons. The Kier molecular flexibility index (Phi) is 4.13. The lowest BCUT2D eigenvalue weighted by Gasteiger charge is -2.24. The maximum Gasteiger partial charge on any atom is 0.148 e. The SMILES string of the molecule is Cc1nc(NN)c(C)c(NC2CCS(=O)CC2)n1. The molecule has 2 rings (SSSR count). The normalized spacial score (nSPS) is 23.7. The van der Waals surface area contributed by atoms with Gasteiger partial charge < -0.3 is 10.7 Å². The van der Waals surface area contributed by atoms with Gasteiger partial charge in [-0.15, -0.1) is 0 Å². The van der Waals surface area contributed by atoms with Gasteiger partial charge in [-0.25, -0.2) is 15.8 Å². The Labute approximate surface area is 109 Å². The Morgan fingerprint density at radius 1 is 1.22 bits per heavy atom. The van der Waals surface area contributed by atoms with E-state index in [2.05, 4.69) is 20.7 Å². The van der Waals surface area contributed by atoms with E-state index in [1.165, 1.54) is 0 Å². The van der Waals surface area contributed by atoms with Crippen LogP contribution in [0.1, 0.15) is 24.2 Å². The summed E-state index contributed by atoms with van der Waals surface area (Å²) in [5.74, 6) is 9.10. The molecule has 1 aliphatic heterocycles. The molecular formula is C11H19N5OS. The molecule has 1 fully saturated rings. The average Bonchev–Trinajstić information content (AvgIpc) is 2.36. The van der Waals surface area contributed by atoms with Crippen LogP contribution in [0.15, 0.2) is 0 Å². The van der Waals surface area contributed by atoms with Crippen molar-refractivity contribution in [2.24, 2.45) is 5.84 Å². The molecule has 100 valence electrons. The maximum atomic E-state index is 11.3. The van der Waals surface area contributed by atoms with E-state index in [1.54, 1.807) is 0 Å². The highest BCUT2D eigenvalue weighted by Gasteiger charge is 2.19. The fraction of sp³-hybridized carbons (Fsp3) is 0.636. The lowest BCUT2D eigenvalue weighted by molar-refractivity contribution is 0.622. The number of aryl methyl sites for hydroxylation is 1. The second kappa shape index (κ2) is 5.62. The van der Waals surface area contributed by atoms with Crippen molar-refractivity contribution in [2.45, 2.75) is 32.7 Å². The van der Waals surface area contributed by atoms with E-state index in [4.69, 9.17) is 5.84 Å². The second-order valence-corrected chi connectivity index (χ2v) is 6.20. The third-order valence-electron chi connectivity index (χ3n) is 3.12. The summed E-state index contributed by atoms with van der Waals surface area (Å²) >= 11 is 0. The second-order valence-electron chi connectivity index (χ2n) is 4.50. The smallest absolute Gasteiger partial charge is 0.148 e. The van der Waals surface area contributed by atoms with Crippen LogP contribution >= 0.6 is 0 Å². The summed E-state index contributed by atoms with van der Waals surface area (Å²) in [6, 6.07) is 0.335. The summed E-state index contributed by atoms with van der Waals surface area (Å²) < 4.78 is 11.3. The van der Waals surface area contributed by atoms with Crippen LogP contribution in [-0.2, 0) is 10.8 Å². The third-order valence-corrected chi connectivity index (χ3v) is 4.51. The van der Waals surface area contributed by atoms with E-state index in [9.17, 15) is 4.21 Å². The Bertz CT molecular complexity index is 455. The topological polar surface area (TPSA) is 92.9 Å². The number of anilines is 2. The summed E-state index contributed by atoms with van der Waals surface area (Å²) in [6.45, 7) is 3.76. The van der Waals surface area contributed by atoms with Crippen molar-refractivity contribution in [3.8, 4) is 0 Å². The molecule has 1 aliphatic rings. The minimum Gasteiger partial charge on any atom is -0.367 e. The molecule has 1 aromatic heterocycles. The van der Waals surface area contributed by atoms with Crippen LogP contribution in [0.3, 0.4) is 0 Å². The molecule has 6 nitrogen and oxygen atoms in total. The number of hydrogen-bond acceptors (Lipinski definition) is 6. The Balaban J connectivity index is 2.13. The molecule has 2 heterocycles. The number of rotatable bonds is 3. The van der Waals surface area contributed by atoms with E-state index < -0.39 is 10.8 Å². The van der Waals surface area contributed by atoms with Crippen LogP contribution in [-0.4, -0.2) is 31.7 Å². The Morgan fingerprint density at radius 3 is 2.44 bits per heavy atom. The standard InChI is InChI=1S/C11H19N5OS/c1-7-10(13-8(2)14-11(7)16-12)15-9-3-5-18(17)6-4-9/h9H,3-6,12H2,1-2H3,(H2,13,14,15,16). The van der Waals surface area contributed by atoms with Crippen molar-refractivity contribution in [2.75, 3.05) is 22.2 Å². The molecule has 4 N–H and O–H groups in total. The van der Waals surface area contributed by atoms with Crippen molar-refractivity contribution < 1.29 is 4.21 Å². The Hall–Kier alpha value is -1.21. The minimum atomic E-state index is -0.640. The Morgan fingerprint density at radius 2 is 1.83 bits per heavy atom. The van der Waals surface area contributed by atoms with Crippen LogP contribution < -0.4 is 16.6 Å². The largest absolute Gasteiger partial charge is 0.367 e. The highest BCUT2D eigenvalue weighted by molar-refractivity contribution is 7.85. The van der Waals surface area contributed by atoms with Crippen LogP contribution in [0.2, 0.25) is 0 Å². The van der Waals surface area contributed by atoms with Gasteiger partial charge in [0.1, 0.15) is 17.5 Å². The van der Waals surface area contributed by atoms with Gasteiger partial charge in [0.25, 0.3) is 0 Å². The summed E-state index contributed by atoms with van der Waals surface area (Å²) in [5.41, 5.74) is 3.49. The molecule has 0 unspecified atom stereocenters. The van der Waals surface area contributed by atoms with Crippen molar-refractivity contribution in [3.05, 3.63) is 11.4 Å². The number of nitrogens with two attached hydrogens (primary N) is 1. The van der Waals surface area contributed by atoms with Crippen molar-refractivity contribution in [1.82, 2.24) is 9.97 Å². The van der Waals surface area contributed by atoms with Crippen LogP contribution in [0.25, 0.3) is 0 Å². The summed E-state index contributed by atoms with van der Waals surface area (Å²) in [4.78, 5) is 8.62. The van der Waals surface area contributed by atoms with Gasteiger partial charge >= 0.3 is 0 Å². The van der Waals surface area contributed by atoms with Crippen LogP contribution in [0.5, 0.6) is 0 Å². The van der Waals surface area contributed by atoms with Crippen molar-refractivity contribution in [1.29, 1.82) is 0 Å². The summed E-state index contributed by atoms with van der Waals surface area (Å²) in [7, 11) is -0.640. The number of nitrogen functional groups attached to an aromatic ring is 1. The third kappa shape index (κ3) is 2.97. The van der Waals surface area contributed by atoms with E-state index in [0.29, 0.717) is 17.7 Å². The lowest BCUT2D eigenvalue weighted by Crippen LogP contribution is -2.30. The van der Waals surface area contributed by atoms with Crippen LogP contribution in [0, 0.1) is 13.8 Å². The van der Waals surface area contributed by atoms with Gasteiger partial charge in [0, 0.05) is 33.9 Å². The molecule has 7 heteroatoms. The monoisotopic (exact) mass is 269 g/mol. The van der Waals surface area contributed by atoms with Crippen molar-refractivity contribution in [3.63, 3.8) is 0 Å². The first-order valence-electron chi connectivity index (χ1n) is 6.03. The van der Waals surface area contributed by atoms with Gasteiger partial charge in [-0.3, -0.25) is 4.21 Å². The summed E-state index contributed by atoms with van der Waals surface area (Å²) in [6.07, 6.45) is 1.83. The highest BCUT2D eigenvalue weighted by Crippen LogP contribution is 2.22. The minimum absolute atomic E-state index is 0.335. The molecule has 0 saturated carbocycles. The fourth-order valence-electron chi connectivity index (χ4n) is 2.04.